The number of aryl methyl sites for hydroxylation is 1. The van der Waals surface area contributed by atoms with Crippen molar-refractivity contribution in [2.45, 2.75) is 38.3 Å². The van der Waals surface area contributed by atoms with Crippen molar-refractivity contribution in [3.63, 3.8) is 0 Å². The molecule has 0 bridgehead atoms. The standard InChI is InChI=1S/C33H30N2O2/c1-22-15-17-24(18-16-22)25-19-29-32(30(36)20-25)33(35-28-13-7-6-12-27(28)34-29)26-11-5-8-14-31(26)37-21-23-9-3-2-4-10-23/h2-18,25,33-35H,19-21H2,1H3/t25-,33+/m0/s1. The molecule has 0 saturated carbocycles. The van der Waals surface area contributed by atoms with Gasteiger partial charge in [0.1, 0.15) is 12.4 Å². The van der Waals surface area contributed by atoms with Gasteiger partial charge < -0.3 is 15.4 Å². The number of benzene rings is 4. The molecule has 2 aliphatic rings. The molecule has 1 heterocycles. The fourth-order valence-corrected chi connectivity index (χ4v) is 5.39. The lowest BCUT2D eigenvalue weighted by Gasteiger charge is -2.30. The fraction of sp³-hybridized carbons (Fsp3) is 0.182. The first kappa shape index (κ1) is 23.1. The number of anilines is 2. The molecule has 1 aliphatic heterocycles. The van der Waals surface area contributed by atoms with Crippen molar-refractivity contribution in [3.8, 4) is 5.75 Å². The number of Topliss-reactive ketones (excluding diaryl/α,β-unsaturated/α-hetero) is 1. The number of nitrogens with one attached hydrogen (secondary N) is 2. The van der Waals surface area contributed by atoms with Crippen LogP contribution in [-0.2, 0) is 11.4 Å². The third-order valence-electron chi connectivity index (χ3n) is 7.32. The van der Waals surface area contributed by atoms with E-state index in [0.29, 0.717) is 13.0 Å². The Morgan fingerprint density at radius 1 is 0.784 bits per heavy atom. The predicted octanol–water partition coefficient (Wildman–Crippen LogP) is 7.55. The minimum atomic E-state index is -0.315. The van der Waals surface area contributed by atoms with E-state index in [-0.39, 0.29) is 17.7 Å². The molecule has 4 nitrogen and oxygen atoms in total. The highest BCUT2D eigenvalue weighted by Gasteiger charge is 2.37. The highest BCUT2D eigenvalue weighted by atomic mass is 16.5. The zero-order valence-electron chi connectivity index (χ0n) is 20.9. The van der Waals surface area contributed by atoms with Crippen LogP contribution >= 0.6 is 0 Å². The topological polar surface area (TPSA) is 50.4 Å². The van der Waals surface area contributed by atoms with Gasteiger partial charge in [0, 0.05) is 23.3 Å². The number of carbonyl (C=O) groups excluding carboxylic acids is 1. The number of carbonyl (C=O) groups is 1. The van der Waals surface area contributed by atoms with Gasteiger partial charge in [0.15, 0.2) is 5.78 Å². The largest absolute Gasteiger partial charge is 0.489 e. The van der Waals surface area contributed by atoms with E-state index in [1.807, 2.05) is 48.5 Å². The van der Waals surface area contributed by atoms with Crippen molar-refractivity contribution in [1.29, 1.82) is 0 Å². The maximum atomic E-state index is 13.9. The average molecular weight is 487 g/mol. The van der Waals surface area contributed by atoms with Crippen LogP contribution in [0.4, 0.5) is 11.4 Å². The molecular formula is C33H30N2O2. The molecule has 1 aliphatic carbocycles. The van der Waals surface area contributed by atoms with Crippen LogP contribution in [0.3, 0.4) is 0 Å². The number of hydrogen-bond donors (Lipinski definition) is 2. The summed E-state index contributed by atoms with van der Waals surface area (Å²) >= 11 is 0. The number of ether oxygens (including phenoxy) is 1. The molecule has 0 fully saturated rings. The molecular weight excluding hydrogens is 456 g/mol. The van der Waals surface area contributed by atoms with E-state index in [1.54, 1.807) is 0 Å². The third kappa shape index (κ3) is 4.75. The Bertz CT molecular complexity index is 1460. The lowest BCUT2D eigenvalue weighted by atomic mass is 9.78. The van der Waals surface area contributed by atoms with Crippen LogP contribution in [0.2, 0.25) is 0 Å². The summed E-state index contributed by atoms with van der Waals surface area (Å²) in [6.07, 6.45) is 1.27. The summed E-state index contributed by atoms with van der Waals surface area (Å²) in [6, 6.07) is 34.6. The van der Waals surface area contributed by atoms with Gasteiger partial charge in [0.2, 0.25) is 0 Å². The lowest BCUT2D eigenvalue weighted by Crippen LogP contribution is -2.27. The molecule has 0 amide bonds. The highest BCUT2D eigenvalue weighted by molar-refractivity contribution is 6.01. The Hall–Kier alpha value is -4.31. The second-order valence-corrected chi connectivity index (χ2v) is 9.89. The molecule has 2 atom stereocenters. The van der Waals surface area contributed by atoms with Crippen LogP contribution in [0.15, 0.2) is 114 Å². The fourth-order valence-electron chi connectivity index (χ4n) is 5.39. The first-order valence-corrected chi connectivity index (χ1v) is 12.9. The third-order valence-corrected chi connectivity index (χ3v) is 7.32. The zero-order valence-corrected chi connectivity index (χ0v) is 20.9. The van der Waals surface area contributed by atoms with Crippen molar-refractivity contribution < 1.29 is 9.53 Å². The van der Waals surface area contributed by atoms with Crippen molar-refractivity contribution in [3.05, 3.63) is 137 Å². The van der Waals surface area contributed by atoms with E-state index in [0.717, 1.165) is 45.9 Å². The van der Waals surface area contributed by atoms with E-state index in [4.69, 9.17) is 4.74 Å². The van der Waals surface area contributed by atoms with E-state index in [1.165, 1.54) is 11.1 Å². The summed E-state index contributed by atoms with van der Waals surface area (Å²) in [5.74, 6) is 1.10. The van der Waals surface area contributed by atoms with E-state index < -0.39 is 0 Å². The second-order valence-electron chi connectivity index (χ2n) is 9.89. The summed E-state index contributed by atoms with van der Waals surface area (Å²) in [7, 11) is 0. The quantitative estimate of drug-likeness (QED) is 0.306. The summed E-state index contributed by atoms with van der Waals surface area (Å²) in [6.45, 7) is 2.56. The molecule has 6 rings (SSSR count). The van der Waals surface area contributed by atoms with Crippen molar-refractivity contribution in [1.82, 2.24) is 0 Å². The van der Waals surface area contributed by atoms with Gasteiger partial charge >= 0.3 is 0 Å². The van der Waals surface area contributed by atoms with Gasteiger partial charge in [0.05, 0.1) is 17.4 Å². The highest BCUT2D eigenvalue weighted by Crippen LogP contribution is 2.45. The molecule has 0 spiro atoms. The maximum absolute atomic E-state index is 13.9. The first-order valence-electron chi connectivity index (χ1n) is 12.9. The predicted molar refractivity (Wildman–Crippen MR) is 149 cm³/mol. The smallest absolute Gasteiger partial charge is 0.163 e. The summed E-state index contributed by atoms with van der Waals surface area (Å²) in [5, 5.41) is 7.32. The Kier molecular flexibility index (Phi) is 6.23. The number of allylic oxidation sites excluding steroid dienone is 1. The number of ketones is 1. The molecule has 0 radical (unpaired) electrons. The molecule has 0 unspecified atom stereocenters. The van der Waals surface area contributed by atoms with E-state index in [2.05, 4.69) is 72.2 Å². The van der Waals surface area contributed by atoms with Gasteiger partial charge in [0.25, 0.3) is 0 Å². The van der Waals surface area contributed by atoms with Gasteiger partial charge in [-0.2, -0.15) is 0 Å². The van der Waals surface area contributed by atoms with Crippen LogP contribution < -0.4 is 15.4 Å². The molecule has 4 aromatic carbocycles. The summed E-state index contributed by atoms with van der Waals surface area (Å²) < 4.78 is 6.33. The van der Waals surface area contributed by atoms with Gasteiger partial charge in [-0.1, -0.05) is 90.5 Å². The van der Waals surface area contributed by atoms with E-state index in [9.17, 15) is 4.79 Å². The Balaban J connectivity index is 1.40. The van der Waals surface area contributed by atoms with Crippen LogP contribution in [0.25, 0.3) is 0 Å². The molecule has 4 heteroatoms. The second kappa shape index (κ2) is 9.98. The van der Waals surface area contributed by atoms with Crippen LogP contribution in [0.5, 0.6) is 5.75 Å². The minimum absolute atomic E-state index is 0.148. The van der Waals surface area contributed by atoms with E-state index >= 15 is 0 Å². The lowest BCUT2D eigenvalue weighted by molar-refractivity contribution is -0.116. The van der Waals surface area contributed by atoms with Crippen LogP contribution in [0, 0.1) is 6.92 Å². The van der Waals surface area contributed by atoms with Crippen molar-refractivity contribution in [2.75, 3.05) is 10.6 Å². The zero-order chi connectivity index (χ0) is 25.2. The number of para-hydroxylation sites is 3. The minimum Gasteiger partial charge on any atom is -0.489 e. The Morgan fingerprint density at radius 2 is 1.49 bits per heavy atom. The molecule has 2 N–H and O–H groups in total. The monoisotopic (exact) mass is 486 g/mol. The van der Waals surface area contributed by atoms with Gasteiger partial charge in [-0.05, 0) is 48.6 Å². The van der Waals surface area contributed by atoms with Gasteiger partial charge in [-0.3, -0.25) is 4.79 Å². The van der Waals surface area contributed by atoms with Gasteiger partial charge in [-0.25, -0.2) is 0 Å². The molecule has 0 aromatic heterocycles. The SMILES string of the molecule is Cc1ccc([C@@H]2CC(=O)C3=C(C2)Nc2ccccc2N[C@@H]3c2ccccc2OCc2ccccc2)cc1. The molecule has 4 aromatic rings. The maximum Gasteiger partial charge on any atom is 0.163 e. The number of hydrogen-bond acceptors (Lipinski definition) is 4. The number of rotatable bonds is 5. The first-order chi connectivity index (χ1) is 18.2. The molecule has 184 valence electrons. The van der Waals surface area contributed by atoms with Gasteiger partial charge in [-0.15, -0.1) is 0 Å². The molecule has 0 saturated heterocycles. The van der Waals surface area contributed by atoms with Crippen LogP contribution in [-0.4, -0.2) is 5.78 Å². The summed E-state index contributed by atoms with van der Waals surface area (Å²) in [5.41, 5.74) is 8.25. The van der Waals surface area contributed by atoms with Crippen molar-refractivity contribution in [2.24, 2.45) is 0 Å². The van der Waals surface area contributed by atoms with Crippen molar-refractivity contribution >= 4 is 17.2 Å². The summed E-state index contributed by atoms with van der Waals surface area (Å²) in [4.78, 5) is 13.9. The number of fused-ring (bicyclic) bond motifs is 1. The Labute approximate surface area is 218 Å². The Morgan fingerprint density at radius 3 is 2.30 bits per heavy atom. The average Bonchev–Trinajstić information content (AvgIpc) is 3.10. The molecule has 37 heavy (non-hydrogen) atoms. The normalized spacial score (nSPS) is 18.7. The van der Waals surface area contributed by atoms with Crippen LogP contribution in [0.1, 0.15) is 47.1 Å².